The molecule has 0 spiro atoms. The molecule has 0 saturated heterocycles. The van der Waals surface area contributed by atoms with Crippen LogP contribution in [-0.4, -0.2) is 29.9 Å². The zero-order valence-corrected chi connectivity index (χ0v) is 18.8. The molecule has 1 aromatic heterocycles. The van der Waals surface area contributed by atoms with Gasteiger partial charge in [0.05, 0.1) is 25.5 Å². The monoisotopic (exact) mass is 445 g/mol. The second-order valence-corrected chi connectivity index (χ2v) is 7.65. The van der Waals surface area contributed by atoms with Crippen molar-refractivity contribution < 1.29 is 18.7 Å². The van der Waals surface area contributed by atoms with Crippen molar-refractivity contribution in [1.29, 1.82) is 0 Å². The highest BCUT2D eigenvalue weighted by molar-refractivity contribution is 6.08. The van der Waals surface area contributed by atoms with E-state index in [1.165, 1.54) is 12.1 Å². The van der Waals surface area contributed by atoms with E-state index in [9.17, 15) is 9.18 Å². The Labute approximate surface area is 191 Å². The summed E-state index contributed by atoms with van der Waals surface area (Å²) < 4.78 is 25.7. The predicted octanol–water partition coefficient (Wildman–Crippen LogP) is 5.56. The predicted molar refractivity (Wildman–Crippen MR) is 126 cm³/mol. The van der Waals surface area contributed by atoms with Crippen molar-refractivity contribution in [3.05, 3.63) is 89.4 Å². The Morgan fingerprint density at radius 1 is 0.939 bits per heavy atom. The van der Waals surface area contributed by atoms with Crippen LogP contribution in [0.4, 0.5) is 10.1 Å². The van der Waals surface area contributed by atoms with E-state index in [4.69, 9.17) is 9.47 Å². The molecule has 4 rings (SSSR count). The maximum atomic E-state index is 13.4. The van der Waals surface area contributed by atoms with Crippen molar-refractivity contribution in [3.8, 4) is 28.4 Å². The smallest absolute Gasteiger partial charge is 0.259 e. The standard InChI is InChI=1S/C26H24FN3O3/c1-16-5-7-18(8-6-16)25-21(15-30(29-25)20-11-9-19(27)10-12-20)26(31)28-22-14-24(33-4)23(32-3)13-17(22)2/h5-15H,1-4H3,(H,28,31). The van der Waals surface area contributed by atoms with Gasteiger partial charge in [-0.15, -0.1) is 0 Å². The van der Waals surface area contributed by atoms with Gasteiger partial charge in [0, 0.05) is 23.5 Å². The van der Waals surface area contributed by atoms with Crippen LogP contribution in [0.2, 0.25) is 0 Å². The number of nitrogens with zero attached hydrogens (tertiary/aromatic N) is 2. The highest BCUT2D eigenvalue weighted by Gasteiger charge is 2.20. The SMILES string of the molecule is COc1cc(C)c(NC(=O)c2cn(-c3ccc(F)cc3)nc2-c2ccc(C)cc2)cc1OC. The van der Waals surface area contributed by atoms with E-state index in [-0.39, 0.29) is 11.7 Å². The van der Waals surface area contributed by atoms with Gasteiger partial charge in [0.1, 0.15) is 11.5 Å². The molecular formula is C26H24FN3O3. The summed E-state index contributed by atoms with van der Waals surface area (Å²) in [6, 6.07) is 17.2. The number of hydrogen-bond donors (Lipinski definition) is 1. The van der Waals surface area contributed by atoms with E-state index in [0.717, 1.165) is 16.7 Å². The number of amides is 1. The fraction of sp³-hybridized carbons (Fsp3) is 0.154. The van der Waals surface area contributed by atoms with Gasteiger partial charge in [-0.3, -0.25) is 4.79 Å². The van der Waals surface area contributed by atoms with Gasteiger partial charge in [0.15, 0.2) is 11.5 Å². The van der Waals surface area contributed by atoms with Gasteiger partial charge in [0.2, 0.25) is 0 Å². The Kier molecular flexibility index (Phi) is 6.13. The number of aryl methyl sites for hydroxylation is 2. The molecule has 1 amide bonds. The molecule has 0 saturated carbocycles. The van der Waals surface area contributed by atoms with Gasteiger partial charge >= 0.3 is 0 Å². The number of aromatic nitrogens is 2. The molecule has 0 unspecified atom stereocenters. The zero-order chi connectivity index (χ0) is 23.5. The van der Waals surface area contributed by atoms with Crippen LogP contribution < -0.4 is 14.8 Å². The number of nitrogens with one attached hydrogen (secondary N) is 1. The number of benzene rings is 3. The highest BCUT2D eigenvalue weighted by atomic mass is 19.1. The summed E-state index contributed by atoms with van der Waals surface area (Å²) in [5.41, 5.74) is 4.88. The lowest BCUT2D eigenvalue weighted by atomic mass is 10.1. The quantitative estimate of drug-likeness (QED) is 0.422. The van der Waals surface area contributed by atoms with E-state index in [1.54, 1.807) is 49.4 Å². The first-order chi connectivity index (χ1) is 15.9. The van der Waals surface area contributed by atoms with Crippen LogP contribution in [0.15, 0.2) is 66.9 Å². The second-order valence-electron chi connectivity index (χ2n) is 7.65. The third-order valence-corrected chi connectivity index (χ3v) is 5.35. The summed E-state index contributed by atoms with van der Waals surface area (Å²) in [6.07, 6.45) is 1.65. The van der Waals surface area contributed by atoms with Gasteiger partial charge in [-0.05, 0) is 49.7 Å². The summed E-state index contributed by atoms with van der Waals surface area (Å²) in [5, 5.41) is 7.61. The van der Waals surface area contributed by atoms with Crippen molar-refractivity contribution in [3.63, 3.8) is 0 Å². The zero-order valence-electron chi connectivity index (χ0n) is 18.8. The number of ether oxygens (including phenoxy) is 2. The summed E-state index contributed by atoms with van der Waals surface area (Å²) in [7, 11) is 3.11. The second kappa shape index (κ2) is 9.16. The molecule has 0 radical (unpaired) electrons. The summed E-state index contributed by atoms with van der Waals surface area (Å²) >= 11 is 0. The molecule has 168 valence electrons. The van der Waals surface area contributed by atoms with E-state index >= 15 is 0 Å². The highest BCUT2D eigenvalue weighted by Crippen LogP contribution is 2.33. The summed E-state index contributed by atoms with van der Waals surface area (Å²) in [5.74, 6) is 0.428. The van der Waals surface area contributed by atoms with Crippen LogP contribution in [0.3, 0.4) is 0 Å². The Hall–Kier alpha value is -4.13. The number of rotatable bonds is 6. The number of halogens is 1. The fourth-order valence-corrected chi connectivity index (χ4v) is 3.50. The molecule has 33 heavy (non-hydrogen) atoms. The van der Waals surface area contributed by atoms with Crippen LogP contribution in [-0.2, 0) is 0 Å². The lowest BCUT2D eigenvalue weighted by Gasteiger charge is -2.13. The molecule has 0 aliphatic heterocycles. The summed E-state index contributed by atoms with van der Waals surface area (Å²) in [6.45, 7) is 3.87. The Bertz CT molecular complexity index is 1300. The molecule has 0 fully saturated rings. The topological polar surface area (TPSA) is 65.4 Å². The van der Waals surface area contributed by atoms with Crippen molar-refractivity contribution >= 4 is 11.6 Å². The molecule has 1 heterocycles. The number of hydrogen-bond acceptors (Lipinski definition) is 4. The molecule has 0 aliphatic carbocycles. The number of methoxy groups -OCH3 is 2. The van der Waals surface area contributed by atoms with Crippen molar-refractivity contribution in [2.75, 3.05) is 19.5 Å². The molecule has 3 aromatic carbocycles. The number of anilines is 1. The first kappa shape index (κ1) is 22.1. The van der Waals surface area contributed by atoms with Crippen molar-refractivity contribution in [1.82, 2.24) is 9.78 Å². The van der Waals surface area contributed by atoms with Crippen molar-refractivity contribution in [2.24, 2.45) is 0 Å². The molecular weight excluding hydrogens is 421 g/mol. The average Bonchev–Trinajstić information content (AvgIpc) is 3.26. The third kappa shape index (κ3) is 4.57. The molecule has 1 N–H and O–H groups in total. The van der Waals surface area contributed by atoms with E-state index < -0.39 is 0 Å². The maximum absolute atomic E-state index is 13.4. The van der Waals surface area contributed by atoms with Crippen LogP contribution in [0.5, 0.6) is 11.5 Å². The van der Waals surface area contributed by atoms with E-state index in [2.05, 4.69) is 10.4 Å². The minimum Gasteiger partial charge on any atom is -0.493 e. The lowest BCUT2D eigenvalue weighted by Crippen LogP contribution is -2.13. The maximum Gasteiger partial charge on any atom is 0.259 e. The van der Waals surface area contributed by atoms with Gasteiger partial charge in [-0.1, -0.05) is 29.8 Å². The first-order valence-electron chi connectivity index (χ1n) is 10.4. The van der Waals surface area contributed by atoms with Crippen LogP contribution in [0.25, 0.3) is 16.9 Å². The molecule has 6 nitrogen and oxygen atoms in total. The average molecular weight is 445 g/mol. The molecule has 0 aliphatic rings. The molecule has 7 heteroatoms. The Morgan fingerprint density at radius 3 is 2.21 bits per heavy atom. The normalized spacial score (nSPS) is 10.7. The van der Waals surface area contributed by atoms with Gasteiger partial charge in [-0.2, -0.15) is 5.10 Å². The van der Waals surface area contributed by atoms with Crippen LogP contribution >= 0.6 is 0 Å². The number of carbonyl (C=O) groups excluding carboxylic acids is 1. The fourth-order valence-electron chi connectivity index (χ4n) is 3.50. The Morgan fingerprint density at radius 2 is 1.58 bits per heavy atom. The Balaban J connectivity index is 1.76. The molecule has 0 atom stereocenters. The van der Waals surface area contributed by atoms with Gasteiger partial charge in [0.25, 0.3) is 5.91 Å². The third-order valence-electron chi connectivity index (χ3n) is 5.35. The largest absolute Gasteiger partial charge is 0.493 e. The summed E-state index contributed by atoms with van der Waals surface area (Å²) in [4.78, 5) is 13.4. The van der Waals surface area contributed by atoms with Crippen molar-refractivity contribution in [2.45, 2.75) is 13.8 Å². The minimum absolute atomic E-state index is 0.325. The van der Waals surface area contributed by atoms with Gasteiger partial charge < -0.3 is 14.8 Å². The minimum atomic E-state index is -0.341. The van der Waals surface area contributed by atoms with E-state index in [1.807, 2.05) is 38.1 Å². The molecule has 4 aromatic rings. The lowest BCUT2D eigenvalue weighted by molar-refractivity contribution is 0.102. The first-order valence-corrected chi connectivity index (χ1v) is 10.4. The molecule has 0 bridgehead atoms. The number of carbonyl (C=O) groups is 1. The van der Waals surface area contributed by atoms with Crippen LogP contribution in [0, 0.1) is 19.7 Å². The van der Waals surface area contributed by atoms with Crippen LogP contribution in [0.1, 0.15) is 21.5 Å². The van der Waals surface area contributed by atoms with E-state index in [0.29, 0.717) is 34.1 Å². The van der Waals surface area contributed by atoms with Gasteiger partial charge in [-0.25, -0.2) is 9.07 Å².